The van der Waals surface area contributed by atoms with Gasteiger partial charge in [0, 0.05) is 0 Å². The molecule has 10 heavy (non-hydrogen) atoms. The molecule has 0 spiro atoms. The van der Waals surface area contributed by atoms with Crippen molar-refractivity contribution in [3.8, 4) is 0 Å². The second-order valence-electron chi connectivity index (χ2n) is 0. The summed E-state index contributed by atoms with van der Waals surface area (Å²) in [5.41, 5.74) is 0. The second-order valence-corrected chi connectivity index (χ2v) is 0. The number of hydrogen-bond donors (Lipinski definition) is 0. The Morgan fingerprint density at radius 2 is 0.500 bits per heavy atom. The van der Waals surface area contributed by atoms with E-state index in [1.165, 1.54) is 0 Å². The van der Waals surface area contributed by atoms with Crippen LogP contribution in [-0.4, -0.2) is 20.4 Å². The maximum atomic E-state index is 8.00. The average Bonchev–Trinajstić information content (AvgIpc) is 1.81. The summed E-state index contributed by atoms with van der Waals surface area (Å²) >= 11 is 0. The van der Waals surface area contributed by atoms with Crippen LogP contribution in [0.1, 0.15) is 0 Å². The largest absolute Gasteiger partial charge is 3.00 e. The van der Waals surface area contributed by atoms with E-state index >= 15 is 0 Å². The molecule has 0 rings (SSSR count). The van der Waals surface area contributed by atoms with E-state index < -0.39 is 0 Å². The molecule has 0 aliphatic rings. The molecule has 0 aliphatic carbocycles. The molecule has 7 heteroatoms. The molecule has 0 aromatic carbocycles. The predicted octanol–water partition coefficient (Wildman–Crippen LogP) is -9.55. The third-order valence-corrected chi connectivity index (χ3v) is 0. The van der Waals surface area contributed by atoms with Gasteiger partial charge in [-0.1, -0.05) is 0 Å². The van der Waals surface area contributed by atoms with Crippen molar-refractivity contribution < 1.29 is 71.1 Å². The van der Waals surface area contributed by atoms with Crippen molar-refractivity contribution in [3.05, 3.63) is 0 Å². The van der Waals surface area contributed by atoms with Gasteiger partial charge in [-0.05, 0) is 0 Å². The van der Waals surface area contributed by atoms with Crippen molar-refractivity contribution >= 4 is 20.4 Å². The van der Waals surface area contributed by atoms with Gasteiger partial charge < -0.3 is 51.6 Å². The molecule has 65 valence electrons. The van der Waals surface area contributed by atoms with Crippen molar-refractivity contribution in [1.82, 2.24) is 0 Å². The first-order valence-corrected chi connectivity index (χ1v) is 0.866. The molecule has 1 radical (unpaired) electrons. The molecule has 0 unspecified atom stereocenters. The summed E-state index contributed by atoms with van der Waals surface area (Å²) in [6, 6.07) is 0. The number of carbonyl (C=O) groups excluding carboxylic acids is 3. The molecular formula is C3H6Cl3O3Ru. The molecule has 0 heterocycles. The van der Waals surface area contributed by atoms with Gasteiger partial charge in [-0.3, -0.25) is 0 Å². The molecule has 0 atom stereocenters. The number of carbonyl (C=O) groups is 3. The minimum Gasteiger partial charge on any atom is -1.00 e. The average molecular weight is 298 g/mol. The summed E-state index contributed by atoms with van der Waals surface area (Å²) in [5, 5.41) is 0. The fourth-order valence-corrected chi connectivity index (χ4v) is 0. The van der Waals surface area contributed by atoms with Crippen molar-refractivity contribution in [3.63, 3.8) is 0 Å². The summed E-state index contributed by atoms with van der Waals surface area (Å²) in [5.74, 6) is 0. The monoisotopic (exact) mass is 297 g/mol. The molecule has 0 bridgehead atoms. The van der Waals surface area contributed by atoms with E-state index in [2.05, 4.69) is 0 Å². The Labute approximate surface area is 91.3 Å². The van der Waals surface area contributed by atoms with Gasteiger partial charge in [0.2, 0.25) is 0 Å². The van der Waals surface area contributed by atoms with Crippen LogP contribution in [0, 0.1) is 0 Å². The van der Waals surface area contributed by atoms with Gasteiger partial charge >= 0.3 is 19.5 Å². The van der Waals surface area contributed by atoms with E-state index in [0.29, 0.717) is 0 Å². The Kier molecular flexibility index (Phi) is 21000. The van der Waals surface area contributed by atoms with Crippen LogP contribution in [0.5, 0.6) is 0 Å². The van der Waals surface area contributed by atoms with Crippen LogP contribution in [0.3, 0.4) is 0 Å². The van der Waals surface area contributed by atoms with Crippen LogP contribution in [-0.2, 0) is 33.9 Å². The molecule has 0 saturated heterocycles. The number of hydrogen-bond acceptors (Lipinski definition) is 3. The Morgan fingerprint density at radius 3 is 0.500 bits per heavy atom. The Hall–Kier alpha value is 0.503. The van der Waals surface area contributed by atoms with Crippen molar-refractivity contribution in [2.24, 2.45) is 0 Å². The molecule has 0 aliphatic heterocycles. The Morgan fingerprint density at radius 1 is 0.500 bits per heavy atom. The Balaban J connectivity index is -0.00000000225. The standard InChI is InChI=1S/3CH2O.3ClH.Ru/c3*1-2;;;;/h3*1H2;3*1H;/q;;;;;;+3/p-3. The number of halogens is 3. The van der Waals surface area contributed by atoms with Gasteiger partial charge in [-0.25, -0.2) is 0 Å². The smallest absolute Gasteiger partial charge is 1.00 e. The van der Waals surface area contributed by atoms with Crippen LogP contribution in [0.15, 0.2) is 0 Å². The van der Waals surface area contributed by atoms with E-state index in [4.69, 9.17) is 14.4 Å². The molecule has 0 aromatic heterocycles. The van der Waals surface area contributed by atoms with Gasteiger partial charge in [-0.2, -0.15) is 0 Å². The third kappa shape index (κ3) is 1890. The fourth-order valence-electron chi connectivity index (χ4n) is 0. The van der Waals surface area contributed by atoms with Crippen LogP contribution < -0.4 is 37.2 Å². The summed E-state index contributed by atoms with van der Waals surface area (Å²) in [4.78, 5) is 24.0. The summed E-state index contributed by atoms with van der Waals surface area (Å²) < 4.78 is 0. The van der Waals surface area contributed by atoms with E-state index in [-0.39, 0.29) is 56.7 Å². The molecule has 0 N–H and O–H groups in total. The summed E-state index contributed by atoms with van der Waals surface area (Å²) in [7, 11) is 0. The minimum absolute atomic E-state index is 0. The zero-order chi connectivity index (χ0) is 6.00. The van der Waals surface area contributed by atoms with Crippen LogP contribution in [0.25, 0.3) is 0 Å². The third-order valence-electron chi connectivity index (χ3n) is 0. The van der Waals surface area contributed by atoms with Gasteiger partial charge in [0.25, 0.3) is 0 Å². The maximum Gasteiger partial charge on any atom is 3.00 e. The van der Waals surface area contributed by atoms with Crippen molar-refractivity contribution in [2.45, 2.75) is 0 Å². The molecule has 0 amide bonds. The summed E-state index contributed by atoms with van der Waals surface area (Å²) in [6.07, 6.45) is 0. The zero-order valence-electron chi connectivity index (χ0n) is 4.83. The zero-order valence-corrected chi connectivity index (χ0v) is 8.84. The van der Waals surface area contributed by atoms with Crippen molar-refractivity contribution in [2.75, 3.05) is 0 Å². The summed E-state index contributed by atoms with van der Waals surface area (Å²) in [6.45, 7) is 6.00. The van der Waals surface area contributed by atoms with Gasteiger partial charge in [0.15, 0.2) is 0 Å². The van der Waals surface area contributed by atoms with E-state index in [9.17, 15) is 0 Å². The number of rotatable bonds is 0. The van der Waals surface area contributed by atoms with Crippen LogP contribution in [0.4, 0.5) is 0 Å². The molecule has 0 aromatic rings. The van der Waals surface area contributed by atoms with E-state index in [1.54, 1.807) is 0 Å². The van der Waals surface area contributed by atoms with Crippen LogP contribution >= 0.6 is 0 Å². The topological polar surface area (TPSA) is 51.2 Å². The predicted molar refractivity (Wildman–Crippen MR) is 21.4 cm³/mol. The Bertz CT molecular complexity index is 23.7. The molecule has 3 nitrogen and oxygen atoms in total. The minimum atomic E-state index is 0. The van der Waals surface area contributed by atoms with Crippen molar-refractivity contribution in [1.29, 1.82) is 0 Å². The van der Waals surface area contributed by atoms with Crippen LogP contribution in [0.2, 0.25) is 0 Å². The van der Waals surface area contributed by atoms with E-state index in [1.807, 2.05) is 20.4 Å². The first-order valence-electron chi connectivity index (χ1n) is 0.866. The fraction of sp³-hybridized carbons (Fsp3) is 0. The normalized spacial score (nSPS) is 1.20. The van der Waals surface area contributed by atoms with Gasteiger partial charge in [0.05, 0.1) is 0 Å². The first-order chi connectivity index (χ1) is 3.00. The molecule has 0 saturated carbocycles. The van der Waals surface area contributed by atoms with E-state index in [0.717, 1.165) is 0 Å². The molecule has 0 fully saturated rings. The second kappa shape index (κ2) is 2710. The SMILES string of the molecule is C=O.C=O.C=O.[Cl-].[Cl-].[Cl-].[Ru+3]. The first kappa shape index (κ1) is 77.3. The quantitative estimate of drug-likeness (QED) is 0.417. The molecular weight excluding hydrogens is 291 g/mol. The maximum absolute atomic E-state index is 8.00. The van der Waals surface area contributed by atoms with Gasteiger partial charge in [-0.15, -0.1) is 0 Å². The van der Waals surface area contributed by atoms with Gasteiger partial charge in [0.1, 0.15) is 20.4 Å².